The molecule has 0 atom stereocenters. The molecule has 1 spiro atoms. The Labute approximate surface area is 184 Å². The number of rotatable bonds is 2. The first-order chi connectivity index (χ1) is 15.0. The van der Waals surface area contributed by atoms with Crippen LogP contribution in [0.1, 0.15) is 25.7 Å². The molecule has 0 aliphatic carbocycles. The maximum absolute atomic E-state index is 13.3. The summed E-state index contributed by atoms with van der Waals surface area (Å²) in [6, 6.07) is 19.3. The minimum atomic E-state index is -4.69. The van der Waals surface area contributed by atoms with Crippen LogP contribution in [0.2, 0.25) is 0 Å². The van der Waals surface area contributed by atoms with Gasteiger partial charge < -0.3 is 0 Å². The number of anilines is 2. The summed E-state index contributed by atoms with van der Waals surface area (Å²) in [5, 5.41) is 0. The fourth-order valence-electron chi connectivity index (χ4n) is 4.65. The molecule has 2 saturated heterocycles. The first-order valence-electron chi connectivity index (χ1n) is 10.8. The third-order valence-corrected chi connectivity index (χ3v) is 15.5. The third kappa shape index (κ3) is 4.09. The summed E-state index contributed by atoms with van der Waals surface area (Å²) in [7, 11) is 0. The van der Waals surface area contributed by atoms with Crippen molar-refractivity contribution in [3.63, 3.8) is 0 Å². The van der Waals surface area contributed by atoms with Crippen LogP contribution in [0.15, 0.2) is 60.7 Å². The van der Waals surface area contributed by atoms with Crippen LogP contribution in [0.5, 0.6) is 0 Å². The summed E-state index contributed by atoms with van der Waals surface area (Å²) in [4.78, 5) is 57.4. The summed E-state index contributed by atoms with van der Waals surface area (Å²) < 4.78 is -1.41. The molecule has 2 fully saturated rings. The second-order valence-electron chi connectivity index (χ2n) is 8.09. The van der Waals surface area contributed by atoms with Crippen LogP contribution in [0.25, 0.3) is 0 Å². The van der Waals surface area contributed by atoms with Crippen LogP contribution in [0, 0.1) is 0 Å². The molecule has 0 N–H and O–H groups in total. The van der Waals surface area contributed by atoms with Crippen LogP contribution in [-0.4, -0.2) is 57.9 Å². The van der Waals surface area contributed by atoms with E-state index in [-0.39, 0.29) is 44.1 Å². The number of benzene rings is 2. The maximum atomic E-state index is 13.3. The predicted molar refractivity (Wildman–Crippen MR) is 122 cm³/mol. The molecule has 0 bridgehead atoms. The van der Waals surface area contributed by atoms with E-state index in [9.17, 15) is 19.2 Å². The van der Waals surface area contributed by atoms with Crippen LogP contribution in [0.3, 0.4) is 0 Å². The average Bonchev–Trinajstić information content (AvgIpc) is 2.79. The quantitative estimate of drug-likeness (QED) is 0.617. The van der Waals surface area contributed by atoms with Gasteiger partial charge >= 0.3 is 185 Å². The minimum absolute atomic E-state index is 0.0838. The van der Waals surface area contributed by atoms with Crippen LogP contribution in [-0.2, 0) is 19.2 Å². The Bertz CT molecular complexity index is 868. The Hall–Kier alpha value is -2.74. The van der Waals surface area contributed by atoms with Crippen molar-refractivity contribution in [2.45, 2.75) is 25.7 Å². The molecule has 2 aliphatic rings. The van der Waals surface area contributed by atoms with Crippen molar-refractivity contribution in [1.29, 1.82) is 0 Å². The van der Waals surface area contributed by atoms with Gasteiger partial charge in [-0.05, 0) is 0 Å². The first kappa shape index (κ1) is 21.5. The van der Waals surface area contributed by atoms with E-state index in [2.05, 4.69) is 0 Å². The Kier molecular flexibility index (Phi) is 6.36. The van der Waals surface area contributed by atoms with E-state index in [1.807, 2.05) is 70.5 Å². The number of hydrogen-bond acceptors (Lipinski definition) is 6. The van der Waals surface area contributed by atoms with Crippen molar-refractivity contribution in [3.05, 3.63) is 60.7 Å². The zero-order valence-corrected chi connectivity index (χ0v) is 19.6. The third-order valence-electron chi connectivity index (χ3n) is 6.35. The van der Waals surface area contributed by atoms with Gasteiger partial charge in [0.15, 0.2) is 0 Å². The van der Waals surface area contributed by atoms with Gasteiger partial charge in [0.25, 0.3) is 0 Å². The molecule has 0 aromatic heterocycles. The summed E-state index contributed by atoms with van der Waals surface area (Å²) >= 11 is -4.69. The number of carbonyl (C=O) groups is 4. The van der Waals surface area contributed by atoms with E-state index in [1.54, 1.807) is 0 Å². The number of hydrogen-bond donors (Lipinski definition) is 0. The second kappa shape index (κ2) is 9.18. The summed E-state index contributed by atoms with van der Waals surface area (Å²) in [5.74, 6) is 0. The van der Waals surface area contributed by atoms with Crippen molar-refractivity contribution >= 4 is 43.1 Å². The van der Waals surface area contributed by atoms with E-state index in [1.165, 1.54) is 0 Å². The molecule has 2 aromatic rings. The van der Waals surface area contributed by atoms with Crippen molar-refractivity contribution in [2.24, 2.45) is 0 Å². The number of carbonyl (C=O) groups excluding carboxylic acids is 4. The predicted octanol–water partition coefficient (Wildman–Crippen LogP) is 2.47. The van der Waals surface area contributed by atoms with Gasteiger partial charge in [0.1, 0.15) is 0 Å². The Morgan fingerprint density at radius 3 is 1.06 bits per heavy atom. The number of nitrogens with zero attached hydrogens (tertiary/aromatic N) is 2. The van der Waals surface area contributed by atoms with Gasteiger partial charge in [-0.15, -0.1) is 0 Å². The Morgan fingerprint density at radius 1 is 0.484 bits per heavy atom. The SMILES string of the molecule is O=[C]1CCN(c2ccccc2)CC[C](=O)[Ge]12[C](=O)CCN(c1ccccc1)CC[C]2=O. The van der Waals surface area contributed by atoms with Gasteiger partial charge in [-0.25, -0.2) is 0 Å². The molecule has 0 unspecified atom stereocenters. The summed E-state index contributed by atoms with van der Waals surface area (Å²) in [6.45, 7) is 1.72. The van der Waals surface area contributed by atoms with E-state index in [4.69, 9.17) is 0 Å². The Balaban J connectivity index is 1.57. The van der Waals surface area contributed by atoms with Gasteiger partial charge in [-0.3, -0.25) is 0 Å². The molecule has 0 radical (unpaired) electrons. The standard InChI is InChI=1S/C24H26GeN2O4/c28-21-11-15-26(19-7-3-1-4-8-19)16-12-22(29)25(21)23(30)13-17-27(18-14-24(25)31)20-9-5-2-6-10-20/h1-10H,11-18H2. The van der Waals surface area contributed by atoms with E-state index >= 15 is 0 Å². The van der Waals surface area contributed by atoms with Gasteiger partial charge in [0.05, 0.1) is 0 Å². The zero-order chi connectivity index (χ0) is 21.8. The van der Waals surface area contributed by atoms with Crippen molar-refractivity contribution < 1.29 is 19.2 Å². The van der Waals surface area contributed by atoms with E-state index < -0.39 is 13.3 Å². The second-order valence-corrected chi connectivity index (χ2v) is 15.9. The fourth-order valence-corrected chi connectivity index (χ4v) is 12.6. The molecular formula is C24H26GeN2O4. The van der Waals surface area contributed by atoms with E-state index in [0.29, 0.717) is 26.2 Å². The summed E-state index contributed by atoms with van der Waals surface area (Å²) in [6.07, 6.45) is 0.335. The zero-order valence-electron chi connectivity index (χ0n) is 17.5. The molecule has 0 saturated carbocycles. The van der Waals surface area contributed by atoms with Gasteiger partial charge in [-0.1, -0.05) is 0 Å². The van der Waals surface area contributed by atoms with Crippen LogP contribution in [0.4, 0.5) is 11.4 Å². The normalized spacial score (nSPS) is 20.3. The van der Waals surface area contributed by atoms with E-state index in [0.717, 1.165) is 11.4 Å². The molecule has 31 heavy (non-hydrogen) atoms. The molecule has 7 heteroatoms. The first-order valence-corrected chi connectivity index (χ1v) is 15.0. The molecule has 2 aromatic carbocycles. The van der Waals surface area contributed by atoms with Crippen molar-refractivity contribution in [1.82, 2.24) is 0 Å². The Morgan fingerprint density at radius 2 is 0.774 bits per heavy atom. The molecule has 6 nitrogen and oxygen atoms in total. The van der Waals surface area contributed by atoms with Crippen molar-refractivity contribution in [2.75, 3.05) is 36.0 Å². The number of para-hydroxylation sites is 2. The fraction of sp³-hybridized carbons (Fsp3) is 0.333. The van der Waals surface area contributed by atoms with Gasteiger partial charge in [0, 0.05) is 0 Å². The average molecular weight is 479 g/mol. The van der Waals surface area contributed by atoms with Gasteiger partial charge in [-0.2, -0.15) is 0 Å². The topological polar surface area (TPSA) is 74.8 Å². The molecule has 160 valence electrons. The molecule has 4 rings (SSSR count). The molecule has 2 heterocycles. The monoisotopic (exact) mass is 480 g/mol. The van der Waals surface area contributed by atoms with Crippen molar-refractivity contribution in [3.8, 4) is 0 Å². The van der Waals surface area contributed by atoms with Crippen LogP contribution < -0.4 is 9.80 Å². The molecular weight excluding hydrogens is 453 g/mol. The van der Waals surface area contributed by atoms with Gasteiger partial charge in [0.2, 0.25) is 0 Å². The van der Waals surface area contributed by atoms with Crippen LogP contribution >= 0.6 is 0 Å². The molecule has 0 amide bonds. The molecule has 2 aliphatic heterocycles. The summed E-state index contributed by atoms with van der Waals surface area (Å²) in [5.41, 5.74) is 1.89.